The van der Waals surface area contributed by atoms with Crippen LogP contribution in [-0.4, -0.2) is 90.6 Å². The van der Waals surface area contributed by atoms with Crippen LogP contribution in [0, 0.1) is 16.7 Å². The van der Waals surface area contributed by atoms with E-state index in [4.69, 9.17) is 23.4 Å². The lowest BCUT2D eigenvalue weighted by atomic mass is 9.44. The summed E-state index contributed by atoms with van der Waals surface area (Å²) in [6.07, 6.45) is -6.20. The number of esters is 3. The van der Waals surface area contributed by atoms with Crippen molar-refractivity contribution in [1.82, 2.24) is 0 Å². The fourth-order valence-electron chi connectivity index (χ4n) is 9.38. The maximum Gasteiger partial charge on any atom is 0.338 e. The fourth-order valence-corrected chi connectivity index (χ4v) is 12.1. The van der Waals surface area contributed by atoms with Crippen molar-refractivity contribution < 1.29 is 52.8 Å². The number of benzene rings is 1. The Bertz CT molecular complexity index is 1530. The monoisotopic (exact) mass is 714 g/mol. The molecule has 0 amide bonds. The second-order valence-corrected chi connectivity index (χ2v) is 20.1. The highest BCUT2D eigenvalue weighted by Crippen LogP contribution is 2.65. The van der Waals surface area contributed by atoms with Crippen molar-refractivity contribution in [3.8, 4) is 0 Å². The molecule has 276 valence electrons. The summed E-state index contributed by atoms with van der Waals surface area (Å²) in [4.78, 5) is 56.1. The summed E-state index contributed by atoms with van der Waals surface area (Å²) in [5.74, 6) is -3.71. The molecular formula is C38H54O11Si. The maximum atomic E-state index is 15.9. The molecule has 11 nitrogen and oxygen atoms in total. The molecule has 1 aromatic carbocycles. The highest BCUT2D eigenvalue weighted by molar-refractivity contribution is 6.73. The first-order chi connectivity index (χ1) is 23.4. The van der Waals surface area contributed by atoms with Gasteiger partial charge in [-0.25, -0.2) is 4.79 Å². The summed E-state index contributed by atoms with van der Waals surface area (Å²) in [6.45, 7) is 15.9. The van der Waals surface area contributed by atoms with E-state index in [1.807, 2.05) is 20.8 Å². The normalized spacial score (nSPS) is 36.2. The lowest BCUT2D eigenvalue weighted by molar-refractivity contribution is -0.346. The second kappa shape index (κ2) is 13.6. The number of aliphatic hydroxyl groups is 2. The molecule has 1 saturated heterocycles. The minimum atomic E-state index is -2.60. The third kappa shape index (κ3) is 5.69. The largest absolute Gasteiger partial charge is 0.461 e. The van der Waals surface area contributed by atoms with Gasteiger partial charge in [-0.2, -0.15) is 0 Å². The minimum Gasteiger partial charge on any atom is -0.461 e. The summed E-state index contributed by atoms with van der Waals surface area (Å²) in [6, 6.07) is 10.4. The van der Waals surface area contributed by atoms with E-state index in [1.54, 1.807) is 65.0 Å². The SMILES string of the molecule is CCC(=O)OC1C[C@H]2OC[C@@]2(OC(C)=O)C2[C@H](OC(=O)c3ccccc3)[C@]3(O)C[C@H](O)C(C)=C([C@@H](O[Si](CC)(CC)CC)C(=O)[C@]12C)C3(C)C. The molecule has 2 unspecified atom stereocenters. The predicted octanol–water partition coefficient (Wildman–Crippen LogP) is 5.07. The van der Waals surface area contributed by atoms with E-state index in [0.717, 1.165) is 0 Å². The van der Waals surface area contributed by atoms with Crippen LogP contribution >= 0.6 is 0 Å². The van der Waals surface area contributed by atoms with Crippen LogP contribution in [0.1, 0.15) is 91.9 Å². The van der Waals surface area contributed by atoms with Gasteiger partial charge in [-0.15, -0.1) is 0 Å². The Morgan fingerprint density at radius 3 is 2.14 bits per heavy atom. The highest BCUT2D eigenvalue weighted by atomic mass is 28.4. The van der Waals surface area contributed by atoms with E-state index in [9.17, 15) is 24.6 Å². The van der Waals surface area contributed by atoms with Crippen molar-refractivity contribution in [2.24, 2.45) is 16.7 Å². The van der Waals surface area contributed by atoms with Gasteiger partial charge in [-0.3, -0.25) is 14.4 Å². The number of aliphatic hydroxyl groups excluding tert-OH is 1. The Balaban J connectivity index is 1.89. The molecule has 3 aliphatic carbocycles. The topological polar surface area (TPSA) is 155 Å². The number of ketones is 1. The average Bonchev–Trinajstić information content (AvgIpc) is 3.08. The van der Waals surface area contributed by atoms with Crippen LogP contribution in [-0.2, 0) is 37.8 Å². The van der Waals surface area contributed by atoms with E-state index in [1.165, 1.54) is 6.92 Å². The van der Waals surface area contributed by atoms with Crippen LogP contribution < -0.4 is 0 Å². The number of ether oxygens (including phenoxy) is 4. The number of rotatable bonds is 10. The van der Waals surface area contributed by atoms with Crippen molar-refractivity contribution in [1.29, 1.82) is 0 Å². The highest BCUT2D eigenvalue weighted by Gasteiger charge is 2.79. The van der Waals surface area contributed by atoms with Gasteiger partial charge < -0.3 is 33.6 Å². The molecular weight excluding hydrogens is 660 g/mol. The second-order valence-electron chi connectivity index (χ2n) is 15.3. The predicted molar refractivity (Wildman–Crippen MR) is 185 cm³/mol. The smallest absolute Gasteiger partial charge is 0.338 e. The molecule has 0 radical (unpaired) electrons. The number of hydrogen-bond donors (Lipinski definition) is 2. The molecule has 1 aliphatic heterocycles. The molecule has 1 aromatic rings. The fraction of sp³-hybridized carbons (Fsp3) is 0.684. The summed E-state index contributed by atoms with van der Waals surface area (Å²) < 4.78 is 31.9. The summed E-state index contributed by atoms with van der Waals surface area (Å²) >= 11 is 0. The van der Waals surface area contributed by atoms with Crippen molar-refractivity contribution in [3.05, 3.63) is 47.0 Å². The first-order valence-corrected chi connectivity index (χ1v) is 20.6. The summed E-state index contributed by atoms with van der Waals surface area (Å²) in [7, 11) is -2.60. The molecule has 0 aromatic heterocycles. The third-order valence-corrected chi connectivity index (χ3v) is 17.4. The standard InChI is InChI=1S/C38H54O11Si/c1-10-28(41)46-26-19-27-37(21-45-27,48-23(6)39)31-33(47-34(43)24-17-15-14-16-18-24)38(44)20-25(40)22(5)29(35(38,7)8)30(32(42)36(26,31)9)49-50(11-2,12-3)13-4/h14-18,25-27,30-31,33,40,44H,10-13,19-21H2,1-9H3/t25-,26?,27+,30+,31?,33-,36+,37-,38+/m0/s1. The Morgan fingerprint density at radius 2 is 1.62 bits per heavy atom. The van der Waals surface area contributed by atoms with Gasteiger partial charge in [0.1, 0.15) is 30.0 Å². The van der Waals surface area contributed by atoms with Crippen LogP contribution in [0.25, 0.3) is 0 Å². The van der Waals surface area contributed by atoms with E-state index in [0.29, 0.717) is 29.3 Å². The van der Waals surface area contributed by atoms with Gasteiger partial charge in [0.05, 0.1) is 29.6 Å². The van der Waals surface area contributed by atoms with Crippen molar-refractivity contribution in [2.45, 2.75) is 141 Å². The summed E-state index contributed by atoms with van der Waals surface area (Å²) in [5, 5.41) is 25.1. The number of Topliss-reactive ketones (excluding diaryl/α,β-unsaturated/α-hetero) is 1. The molecule has 9 atom stereocenters. The first-order valence-electron chi connectivity index (χ1n) is 18.0. The van der Waals surface area contributed by atoms with Gasteiger partial charge in [0, 0.05) is 31.6 Å². The number of carbonyl (C=O) groups excluding carboxylic acids is 4. The maximum absolute atomic E-state index is 15.9. The number of hydrogen-bond acceptors (Lipinski definition) is 11. The molecule has 5 rings (SSSR count). The third-order valence-electron chi connectivity index (χ3n) is 12.8. The van der Waals surface area contributed by atoms with E-state index in [2.05, 4.69) is 0 Å². The minimum absolute atomic E-state index is 0.0181. The molecule has 2 N–H and O–H groups in total. The Morgan fingerprint density at radius 1 is 1.00 bits per heavy atom. The zero-order valence-corrected chi connectivity index (χ0v) is 31.9. The van der Waals surface area contributed by atoms with Gasteiger partial charge in [0.25, 0.3) is 0 Å². The Hall–Kier alpha value is -2.90. The Kier molecular flexibility index (Phi) is 10.4. The van der Waals surface area contributed by atoms with Crippen LogP contribution in [0.4, 0.5) is 0 Å². The van der Waals surface area contributed by atoms with Crippen molar-refractivity contribution in [3.63, 3.8) is 0 Å². The molecule has 2 saturated carbocycles. The molecule has 12 heteroatoms. The number of fused-ring (bicyclic) bond motifs is 5. The first kappa shape index (κ1) is 38.3. The van der Waals surface area contributed by atoms with Crippen LogP contribution in [0.3, 0.4) is 0 Å². The van der Waals surface area contributed by atoms with Gasteiger partial charge in [0.15, 0.2) is 19.7 Å². The molecule has 50 heavy (non-hydrogen) atoms. The van der Waals surface area contributed by atoms with E-state index in [-0.39, 0.29) is 31.4 Å². The van der Waals surface area contributed by atoms with Crippen molar-refractivity contribution in [2.75, 3.05) is 6.61 Å². The van der Waals surface area contributed by atoms with Crippen LogP contribution in [0.15, 0.2) is 41.5 Å². The van der Waals surface area contributed by atoms with E-state index >= 15 is 4.79 Å². The zero-order valence-electron chi connectivity index (χ0n) is 30.9. The van der Waals surface area contributed by atoms with Gasteiger partial charge >= 0.3 is 17.9 Å². The van der Waals surface area contributed by atoms with E-state index < -0.39 is 90.5 Å². The van der Waals surface area contributed by atoms with Gasteiger partial charge in [-0.05, 0) is 55.3 Å². The summed E-state index contributed by atoms with van der Waals surface area (Å²) in [5.41, 5.74) is -5.54. The van der Waals surface area contributed by atoms with Crippen molar-refractivity contribution >= 4 is 32.0 Å². The Labute approximate surface area is 296 Å². The average molecular weight is 715 g/mol. The van der Waals surface area contributed by atoms with Gasteiger partial charge in [-0.1, -0.05) is 59.7 Å². The zero-order chi connectivity index (χ0) is 37.0. The van der Waals surface area contributed by atoms with Crippen LogP contribution in [0.5, 0.6) is 0 Å². The lowest BCUT2D eigenvalue weighted by Gasteiger charge is -2.68. The molecule has 3 fully saturated rings. The number of carbonyl (C=O) groups is 4. The quantitative estimate of drug-likeness (QED) is 0.144. The molecule has 4 aliphatic rings. The molecule has 0 spiro atoms. The van der Waals surface area contributed by atoms with Gasteiger partial charge in [0.2, 0.25) is 0 Å². The molecule has 1 heterocycles. The van der Waals surface area contributed by atoms with Crippen LogP contribution in [0.2, 0.25) is 18.1 Å². The molecule has 2 bridgehead atoms. The lowest BCUT2D eigenvalue weighted by Crippen LogP contribution is -2.82.